The van der Waals surface area contributed by atoms with Crippen LogP contribution >= 0.6 is 27.7 Å². The number of rotatable bonds is 5. The second-order valence-corrected chi connectivity index (χ2v) is 7.25. The molecule has 0 spiro atoms. The van der Waals surface area contributed by atoms with Crippen LogP contribution in [0.25, 0.3) is 0 Å². The second kappa shape index (κ2) is 7.28. The van der Waals surface area contributed by atoms with Crippen LogP contribution in [0.2, 0.25) is 0 Å². The van der Waals surface area contributed by atoms with E-state index in [1.165, 1.54) is 6.42 Å². The monoisotopic (exact) mass is 358 g/mol. The SMILES string of the molecule is CCSC1CCC(NC(=O)c2cc(Br)cnc2NN)C1. The molecular weight excluding hydrogens is 340 g/mol. The molecule has 1 aliphatic carbocycles. The van der Waals surface area contributed by atoms with Gasteiger partial charge >= 0.3 is 0 Å². The van der Waals surface area contributed by atoms with Crippen molar-refractivity contribution in [3.63, 3.8) is 0 Å². The quantitative estimate of drug-likeness (QED) is 0.556. The molecule has 2 unspecified atom stereocenters. The fraction of sp³-hybridized carbons (Fsp3) is 0.538. The molecule has 0 bridgehead atoms. The predicted octanol–water partition coefficient (Wildman–Crippen LogP) is 2.53. The van der Waals surface area contributed by atoms with Crippen molar-refractivity contribution in [1.29, 1.82) is 0 Å². The molecule has 7 heteroatoms. The standard InChI is InChI=1S/C13H19BrN4OS/c1-2-20-10-4-3-9(6-10)17-13(19)11-5-8(14)7-16-12(11)18-15/h5,7,9-10H,2-4,6,15H2,1H3,(H,16,18)(H,17,19). The number of pyridine rings is 1. The van der Waals surface area contributed by atoms with Crippen molar-refractivity contribution < 1.29 is 4.79 Å². The Labute approximate surface area is 131 Å². The number of carbonyl (C=O) groups excluding carboxylic acids is 1. The van der Waals surface area contributed by atoms with Crippen LogP contribution in [-0.4, -0.2) is 27.9 Å². The number of anilines is 1. The zero-order valence-corrected chi connectivity index (χ0v) is 13.8. The zero-order chi connectivity index (χ0) is 14.5. The van der Waals surface area contributed by atoms with E-state index in [1.807, 2.05) is 11.8 Å². The third kappa shape index (κ3) is 3.86. The molecule has 1 saturated carbocycles. The van der Waals surface area contributed by atoms with Crippen LogP contribution in [0.1, 0.15) is 36.5 Å². The van der Waals surface area contributed by atoms with Crippen LogP contribution in [0.15, 0.2) is 16.7 Å². The summed E-state index contributed by atoms with van der Waals surface area (Å²) in [5.41, 5.74) is 2.93. The summed E-state index contributed by atoms with van der Waals surface area (Å²) in [6.07, 6.45) is 4.85. The highest BCUT2D eigenvalue weighted by Gasteiger charge is 2.26. The molecule has 0 aromatic carbocycles. The van der Waals surface area contributed by atoms with Gasteiger partial charge in [-0.3, -0.25) is 4.79 Å². The summed E-state index contributed by atoms with van der Waals surface area (Å²) >= 11 is 5.29. The van der Waals surface area contributed by atoms with Gasteiger partial charge in [0.2, 0.25) is 0 Å². The third-order valence-corrected chi connectivity index (χ3v) is 5.02. The van der Waals surface area contributed by atoms with Crippen molar-refractivity contribution in [2.75, 3.05) is 11.2 Å². The number of nitrogens with zero attached hydrogens (tertiary/aromatic N) is 1. The highest BCUT2D eigenvalue weighted by Crippen LogP contribution is 2.30. The van der Waals surface area contributed by atoms with Gasteiger partial charge in [0, 0.05) is 22.0 Å². The maximum atomic E-state index is 12.3. The number of amides is 1. The van der Waals surface area contributed by atoms with Gasteiger partial charge in [0.05, 0.1) is 5.56 Å². The minimum Gasteiger partial charge on any atom is -0.349 e. The molecule has 4 N–H and O–H groups in total. The molecule has 1 fully saturated rings. The minimum absolute atomic E-state index is 0.126. The van der Waals surface area contributed by atoms with Gasteiger partial charge in [-0.25, -0.2) is 10.8 Å². The van der Waals surface area contributed by atoms with Crippen molar-refractivity contribution in [2.24, 2.45) is 5.84 Å². The Balaban J connectivity index is 2.00. The van der Waals surface area contributed by atoms with E-state index in [2.05, 4.69) is 38.6 Å². The van der Waals surface area contributed by atoms with Crippen molar-refractivity contribution in [3.05, 3.63) is 22.3 Å². The van der Waals surface area contributed by atoms with Crippen LogP contribution in [0.5, 0.6) is 0 Å². The minimum atomic E-state index is -0.126. The number of nitrogen functional groups attached to an aromatic ring is 1. The van der Waals surface area contributed by atoms with Crippen molar-refractivity contribution in [1.82, 2.24) is 10.3 Å². The predicted molar refractivity (Wildman–Crippen MR) is 86.8 cm³/mol. The molecule has 1 amide bonds. The van der Waals surface area contributed by atoms with E-state index >= 15 is 0 Å². The van der Waals surface area contributed by atoms with Crippen molar-refractivity contribution in [2.45, 2.75) is 37.5 Å². The second-order valence-electron chi connectivity index (χ2n) is 4.75. The molecule has 1 heterocycles. The lowest BCUT2D eigenvalue weighted by atomic mass is 10.2. The summed E-state index contributed by atoms with van der Waals surface area (Å²) in [5, 5.41) is 3.74. The first-order chi connectivity index (χ1) is 9.63. The average Bonchev–Trinajstić information content (AvgIpc) is 2.86. The Kier molecular flexibility index (Phi) is 5.68. The molecule has 1 aliphatic rings. The van der Waals surface area contributed by atoms with Crippen molar-refractivity contribution >= 4 is 39.4 Å². The molecule has 0 radical (unpaired) electrons. The summed E-state index contributed by atoms with van der Waals surface area (Å²) in [4.78, 5) is 16.4. The molecule has 2 atom stereocenters. The number of thioether (sulfide) groups is 1. The van der Waals surface area contributed by atoms with Gasteiger partial charge in [0.15, 0.2) is 5.82 Å². The smallest absolute Gasteiger partial charge is 0.255 e. The van der Waals surface area contributed by atoms with E-state index in [4.69, 9.17) is 5.84 Å². The molecule has 1 aromatic heterocycles. The van der Waals surface area contributed by atoms with Gasteiger partial charge in [-0.05, 0) is 47.0 Å². The number of halogens is 1. The summed E-state index contributed by atoms with van der Waals surface area (Å²) in [6.45, 7) is 2.17. The Hall–Kier alpha value is -0.790. The number of hydrogen-bond acceptors (Lipinski definition) is 5. The number of hydrazine groups is 1. The van der Waals surface area contributed by atoms with Gasteiger partial charge in [0.1, 0.15) is 0 Å². The van der Waals surface area contributed by atoms with Crippen LogP contribution in [-0.2, 0) is 0 Å². The molecular formula is C13H19BrN4OS. The zero-order valence-electron chi connectivity index (χ0n) is 11.4. The first-order valence-electron chi connectivity index (χ1n) is 6.68. The average molecular weight is 359 g/mol. The van der Waals surface area contributed by atoms with E-state index < -0.39 is 0 Å². The van der Waals surface area contributed by atoms with Crippen LogP contribution in [0.3, 0.4) is 0 Å². The number of nitrogens with one attached hydrogen (secondary N) is 2. The van der Waals surface area contributed by atoms with E-state index in [0.717, 1.165) is 23.1 Å². The van der Waals surface area contributed by atoms with Gasteiger partial charge in [0.25, 0.3) is 5.91 Å². The number of nitrogens with two attached hydrogens (primary N) is 1. The van der Waals surface area contributed by atoms with Gasteiger partial charge in [-0.2, -0.15) is 11.8 Å². The topological polar surface area (TPSA) is 80.0 Å². The van der Waals surface area contributed by atoms with E-state index in [0.29, 0.717) is 16.6 Å². The highest BCUT2D eigenvalue weighted by molar-refractivity contribution is 9.10. The molecule has 20 heavy (non-hydrogen) atoms. The largest absolute Gasteiger partial charge is 0.349 e. The maximum absolute atomic E-state index is 12.3. The summed E-state index contributed by atoms with van der Waals surface area (Å²) < 4.78 is 0.757. The van der Waals surface area contributed by atoms with E-state index in [1.54, 1.807) is 12.3 Å². The number of hydrogen-bond donors (Lipinski definition) is 3. The Morgan fingerprint density at radius 2 is 2.40 bits per heavy atom. The Bertz CT molecular complexity index is 485. The molecule has 0 saturated heterocycles. The fourth-order valence-corrected chi connectivity index (χ4v) is 3.92. The van der Waals surface area contributed by atoms with E-state index in [9.17, 15) is 4.79 Å². The summed E-state index contributed by atoms with van der Waals surface area (Å²) in [7, 11) is 0. The third-order valence-electron chi connectivity index (χ3n) is 3.36. The van der Waals surface area contributed by atoms with Crippen LogP contribution in [0.4, 0.5) is 5.82 Å². The normalized spacial score (nSPS) is 21.8. The van der Waals surface area contributed by atoms with E-state index in [-0.39, 0.29) is 11.9 Å². The number of carbonyl (C=O) groups is 1. The van der Waals surface area contributed by atoms with Gasteiger partial charge < -0.3 is 10.7 Å². The molecule has 110 valence electrons. The fourth-order valence-electron chi connectivity index (χ4n) is 2.45. The lowest BCUT2D eigenvalue weighted by molar-refractivity contribution is 0.0938. The molecule has 1 aromatic rings. The van der Waals surface area contributed by atoms with Gasteiger partial charge in [-0.15, -0.1) is 0 Å². The lowest BCUT2D eigenvalue weighted by Gasteiger charge is -2.14. The lowest BCUT2D eigenvalue weighted by Crippen LogP contribution is -2.34. The number of aromatic nitrogens is 1. The van der Waals surface area contributed by atoms with Crippen LogP contribution in [0, 0.1) is 0 Å². The highest BCUT2D eigenvalue weighted by atomic mass is 79.9. The Morgan fingerprint density at radius 1 is 1.60 bits per heavy atom. The first kappa shape index (κ1) is 15.6. The summed E-state index contributed by atoms with van der Waals surface area (Å²) in [5.74, 6) is 6.79. The summed E-state index contributed by atoms with van der Waals surface area (Å²) in [6, 6.07) is 1.97. The molecule has 5 nitrogen and oxygen atoms in total. The molecule has 0 aliphatic heterocycles. The van der Waals surface area contributed by atoms with Gasteiger partial charge in [-0.1, -0.05) is 6.92 Å². The first-order valence-corrected chi connectivity index (χ1v) is 8.52. The van der Waals surface area contributed by atoms with Crippen molar-refractivity contribution in [3.8, 4) is 0 Å². The maximum Gasteiger partial charge on any atom is 0.255 e. The Morgan fingerprint density at radius 3 is 3.10 bits per heavy atom. The van der Waals surface area contributed by atoms with Crippen LogP contribution < -0.4 is 16.6 Å². The molecule has 2 rings (SSSR count).